The van der Waals surface area contributed by atoms with Crippen LogP contribution < -0.4 is 5.32 Å². The predicted molar refractivity (Wildman–Crippen MR) is 92.6 cm³/mol. The standard InChI is InChI=1S/C18H21N5O2/c1-23-10-12(9-19-23)18(11-6-13(24)7-11)20-17(25)8-16-14-4-2-3-5-15(14)21-22-16/h2-5,9-11,13,18,24H,6-8H2,1H3,(H,20,25)(H,21,22). The summed E-state index contributed by atoms with van der Waals surface area (Å²) in [4.78, 5) is 12.6. The van der Waals surface area contributed by atoms with E-state index in [4.69, 9.17) is 0 Å². The summed E-state index contributed by atoms with van der Waals surface area (Å²) < 4.78 is 1.73. The van der Waals surface area contributed by atoms with Crippen molar-refractivity contribution in [3.8, 4) is 0 Å². The Morgan fingerprint density at radius 1 is 1.44 bits per heavy atom. The SMILES string of the molecule is Cn1cc(C(NC(=O)Cc2[nH]nc3ccccc23)C2CC(O)C2)cn1. The smallest absolute Gasteiger partial charge is 0.226 e. The van der Waals surface area contributed by atoms with Crippen molar-refractivity contribution >= 4 is 16.8 Å². The maximum absolute atomic E-state index is 12.6. The summed E-state index contributed by atoms with van der Waals surface area (Å²) in [7, 11) is 1.86. The molecular weight excluding hydrogens is 318 g/mol. The van der Waals surface area contributed by atoms with Gasteiger partial charge in [-0.15, -0.1) is 0 Å². The largest absolute Gasteiger partial charge is 0.393 e. The van der Waals surface area contributed by atoms with Crippen molar-refractivity contribution in [1.29, 1.82) is 0 Å². The van der Waals surface area contributed by atoms with Gasteiger partial charge in [0.1, 0.15) is 0 Å². The van der Waals surface area contributed by atoms with Gasteiger partial charge in [0.05, 0.1) is 36.0 Å². The van der Waals surface area contributed by atoms with Gasteiger partial charge in [-0.05, 0) is 24.8 Å². The van der Waals surface area contributed by atoms with Crippen LogP contribution in [0.15, 0.2) is 36.7 Å². The van der Waals surface area contributed by atoms with Crippen LogP contribution in [0.25, 0.3) is 10.9 Å². The van der Waals surface area contributed by atoms with Gasteiger partial charge in [0.2, 0.25) is 5.91 Å². The first-order chi connectivity index (χ1) is 12.1. The number of fused-ring (bicyclic) bond motifs is 1. The van der Waals surface area contributed by atoms with Gasteiger partial charge in [0.25, 0.3) is 0 Å². The lowest BCUT2D eigenvalue weighted by atomic mass is 9.75. The molecule has 130 valence electrons. The third kappa shape index (κ3) is 3.15. The van der Waals surface area contributed by atoms with Crippen molar-refractivity contribution in [2.45, 2.75) is 31.4 Å². The number of aromatic amines is 1. The minimum Gasteiger partial charge on any atom is -0.393 e. The highest BCUT2D eigenvalue weighted by Gasteiger charge is 2.36. The summed E-state index contributed by atoms with van der Waals surface area (Å²) in [6.07, 6.45) is 5.08. The number of hydrogen-bond donors (Lipinski definition) is 3. The summed E-state index contributed by atoms with van der Waals surface area (Å²) in [5, 5.41) is 25.1. The monoisotopic (exact) mass is 339 g/mol. The van der Waals surface area contributed by atoms with Crippen LogP contribution in [-0.4, -0.2) is 37.1 Å². The second kappa shape index (κ2) is 6.33. The molecule has 0 saturated heterocycles. The van der Waals surface area contributed by atoms with E-state index in [-0.39, 0.29) is 30.4 Å². The Morgan fingerprint density at radius 2 is 2.24 bits per heavy atom. The molecule has 2 heterocycles. The number of aryl methyl sites for hydroxylation is 1. The molecule has 4 rings (SSSR count). The molecule has 2 aromatic heterocycles. The van der Waals surface area contributed by atoms with Crippen molar-refractivity contribution in [2.24, 2.45) is 13.0 Å². The highest BCUT2D eigenvalue weighted by molar-refractivity contribution is 5.87. The van der Waals surface area contributed by atoms with E-state index in [2.05, 4.69) is 20.6 Å². The normalized spacial score (nSPS) is 21.0. The third-order valence-electron chi connectivity index (χ3n) is 4.90. The number of benzene rings is 1. The molecule has 3 aromatic rings. The molecule has 3 N–H and O–H groups in total. The first kappa shape index (κ1) is 15.8. The molecule has 0 bridgehead atoms. The van der Waals surface area contributed by atoms with Crippen LogP contribution in [0, 0.1) is 5.92 Å². The number of aromatic nitrogens is 4. The van der Waals surface area contributed by atoms with E-state index >= 15 is 0 Å². The number of aliphatic hydroxyl groups excluding tert-OH is 1. The summed E-state index contributed by atoms with van der Waals surface area (Å²) in [6, 6.07) is 7.61. The van der Waals surface area contributed by atoms with Crippen LogP contribution in [0.2, 0.25) is 0 Å². The maximum Gasteiger partial charge on any atom is 0.226 e. The maximum atomic E-state index is 12.6. The molecule has 1 fully saturated rings. The molecule has 7 heteroatoms. The van der Waals surface area contributed by atoms with Crippen molar-refractivity contribution < 1.29 is 9.90 Å². The topological polar surface area (TPSA) is 95.8 Å². The van der Waals surface area contributed by atoms with Gasteiger partial charge in [-0.25, -0.2) is 0 Å². The van der Waals surface area contributed by atoms with E-state index < -0.39 is 0 Å². The first-order valence-electron chi connectivity index (χ1n) is 8.48. The van der Waals surface area contributed by atoms with Crippen molar-refractivity contribution in [2.75, 3.05) is 0 Å². The highest BCUT2D eigenvalue weighted by Crippen LogP contribution is 2.38. The fourth-order valence-corrected chi connectivity index (χ4v) is 3.51. The number of aliphatic hydroxyl groups is 1. The zero-order chi connectivity index (χ0) is 17.4. The molecule has 1 unspecified atom stereocenters. The van der Waals surface area contributed by atoms with E-state index in [9.17, 15) is 9.90 Å². The lowest BCUT2D eigenvalue weighted by molar-refractivity contribution is -0.122. The molecule has 25 heavy (non-hydrogen) atoms. The second-order valence-corrected chi connectivity index (χ2v) is 6.77. The van der Waals surface area contributed by atoms with E-state index in [1.54, 1.807) is 10.9 Å². The van der Waals surface area contributed by atoms with Gasteiger partial charge in [-0.3, -0.25) is 14.6 Å². The van der Waals surface area contributed by atoms with E-state index in [0.29, 0.717) is 12.8 Å². The van der Waals surface area contributed by atoms with E-state index in [1.165, 1.54) is 0 Å². The Hall–Kier alpha value is -2.67. The number of nitrogens with one attached hydrogen (secondary N) is 2. The predicted octanol–water partition coefficient (Wildman–Crippen LogP) is 1.47. The molecule has 1 saturated carbocycles. The Morgan fingerprint density at radius 3 is 2.96 bits per heavy atom. The Kier molecular flexibility index (Phi) is 4.01. The highest BCUT2D eigenvalue weighted by atomic mass is 16.3. The van der Waals surface area contributed by atoms with Gasteiger partial charge < -0.3 is 10.4 Å². The number of amides is 1. The van der Waals surface area contributed by atoms with Crippen molar-refractivity contribution in [3.63, 3.8) is 0 Å². The number of carbonyl (C=O) groups is 1. The molecule has 1 atom stereocenters. The number of hydrogen-bond acceptors (Lipinski definition) is 4. The summed E-state index contributed by atoms with van der Waals surface area (Å²) in [6.45, 7) is 0. The number of carbonyl (C=O) groups excluding carboxylic acids is 1. The number of H-pyrrole nitrogens is 1. The fourth-order valence-electron chi connectivity index (χ4n) is 3.51. The molecular formula is C18H21N5O2. The summed E-state index contributed by atoms with van der Waals surface area (Å²) in [5.41, 5.74) is 2.64. The van der Waals surface area contributed by atoms with Crippen LogP contribution in [0.5, 0.6) is 0 Å². The zero-order valence-electron chi connectivity index (χ0n) is 14.0. The lowest BCUT2D eigenvalue weighted by Crippen LogP contribution is -2.41. The van der Waals surface area contributed by atoms with E-state index in [0.717, 1.165) is 22.2 Å². The summed E-state index contributed by atoms with van der Waals surface area (Å²) in [5.74, 6) is 0.173. The molecule has 0 spiro atoms. The average Bonchev–Trinajstić information content (AvgIpc) is 3.17. The average molecular weight is 339 g/mol. The minimum atomic E-state index is -0.266. The second-order valence-electron chi connectivity index (χ2n) is 6.77. The molecule has 1 aliphatic rings. The molecule has 1 aliphatic carbocycles. The number of nitrogens with zero attached hydrogens (tertiary/aromatic N) is 3. The van der Waals surface area contributed by atoms with Gasteiger partial charge in [-0.2, -0.15) is 10.2 Å². The molecule has 7 nitrogen and oxygen atoms in total. The molecule has 1 amide bonds. The Bertz CT molecular complexity index is 894. The van der Waals surface area contributed by atoms with Crippen LogP contribution in [0.4, 0.5) is 0 Å². The molecule has 1 aromatic carbocycles. The zero-order valence-corrected chi connectivity index (χ0v) is 14.0. The van der Waals surface area contributed by atoms with Gasteiger partial charge in [0, 0.05) is 24.2 Å². The quantitative estimate of drug-likeness (QED) is 0.656. The van der Waals surface area contributed by atoms with Gasteiger partial charge >= 0.3 is 0 Å². The summed E-state index contributed by atoms with van der Waals surface area (Å²) >= 11 is 0. The first-order valence-corrected chi connectivity index (χ1v) is 8.48. The van der Waals surface area contributed by atoms with Crippen LogP contribution in [0.3, 0.4) is 0 Å². The third-order valence-corrected chi connectivity index (χ3v) is 4.90. The molecule has 0 radical (unpaired) electrons. The van der Waals surface area contributed by atoms with Crippen LogP contribution in [0.1, 0.15) is 30.1 Å². The number of para-hydroxylation sites is 1. The molecule has 0 aliphatic heterocycles. The fraction of sp³-hybridized carbons (Fsp3) is 0.389. The van der Waals surface area contributed by atoms with Crippen molar-refractivity contribution in [3.05, 3.63) is 47.9 Å². The number of rotatable bonds is 5. The minimum absolute atomic E-state index is 0.0651. The Balaban J connectivity index is 1.50. The lowest BCUT2D eigenvalue weighted by Gasteiger charge is -2.37. The van der Waals surface area contributed by atoms with Crippen molar-refractivity contribution in [1.82, 2.24) is 25.3 Å². The van der Waals surface area contributed by atoms with Gasteiger partial charge in [-0.1, -0.05) is 18.2 Å². The van der Waals surface area contributed by atoms with Gasteiger partial charge in [0.15, 0.2) is 0 Å². The van der Waals surface area contributed by atoms with E-state index in [1.807, 2.05) is 37.5 Å². The van der Waals surface area contributed by atoms with Crippen LogP contribution >= 0.6 is 0 Å². The van der Waals surface area contributed by atoms with Crippen LogP contribution in [-0.2, 0) is 18.3 Å². The Labute approximate surface area is 145 Å².